The number of benzene rings is 1. The monoisotopic (exact) mass is 256 g/mol. The second-order valence-electron chi connectivity index (χ2n) is 5.22. The Morgan fingerprint density at radius 2 is 2.05 bits per heavy atom. The third-order valence-corrected chi connectivity index (χ3v) is 3.55. The highest BCUT2D eigenvalue weighted by molar-refractivity contribution is 5.57. The number of furan rings is 1. The van der Waals surface area contributed by atoms with Crippen LogP contribution >= 0.6 is 0 Å². The molecule has 2 aromatic rings. The molecule has 1 aromatic carbocycles. The van der Waals surface area contributed by atoms with Gasteiger partial charge in [0.1, 0.15) is 11.5 Å². The highest BCUT2D eigenvalue weighted by Crippen LogP contribution is 2.22. The Kier molecular flexibility index (Phi) is 3.67. The molecule has 1 aromatic heterocycles. The standard InChI is InChI=1S/C16H20N2O/c1-13-11-18(10-9-17-13)12-15-7-8-16(19-15)14-5-3-2-4-6-14/h2-8,13,17H,9-12H2,1H3/t13-/m1/s1. The molecule has 1 N–H and O–H groups in total. The normalized spacial score (nSPS) is 20.6. The van der Waals surface area contributed by atoms with E-state index in [1.165, 1.54) is 0 Å². The molecule has 100 valence electrons. The maximum Gasteiger partial charge on any atom is 0.134 e. The van der Waals surface area contributed by atoms with Gasteiger partial charge in [0.25, 0.3) is 0 Å². The molecule has 3 heteroatoms. The van der Waals surface area contributed by atoms with E-state index in [2.05, 4.69) is 41.4 Å². The van der Waals surface area contributed by atoms with Gasteiger partial charge in [-0.2, -0.15) is 0 Å². The number of rotatable bonds is 3. The molecule has 0 unspecified atom stereocenters. The second-order valence-corrected chi connectivity index (χ2v) is 5.22. The number of piperazine rings is 1. The summed E-state index contributed by atoms with van der Waals surface area (Å²) in [5.41, 5.74) is 1.14. The van der Waals surface area contributed by atoms with E-state index in [0.717, 1.165) is 43.3 Å². The van der Waals surface area contributed by atoms with Crippen LogP contribution in [0.2, 0.25) is 0 Å². The molecule has 3 nitrogen and oxygen atoms in total. The third-order valence-electron chi connectivity index (χ3n) is 3.55. The van der Waals surface area contributed by atoms with Gasteiger partial charge < -0.3 is 9.73 Å². The molecule has 19 heavy (non-hydrogen) atoms. The summed E-state index contributed by atoms with van der Waals surface area (Å²) in [7, 11) is 0. The van der Waals surface area contributed by atoms with Crippen LogP contribution in [-0.2, 0) is 6.54 Å². The highest BCUT2D eigenvalue weighted by Gasteiger charge is 2.16. The molecule has 1 fully saturated rings. The molecule has 0 spiro atoms. The summed E-state index contributed by atoms with van der Waals surface area (Å²) in [6.45, 7) is 6.36. The number of hydrogen-bond acceptors (Lipinski definition) is 3. The number of nitrogens with one attached hydrogen (secondary N) is 1. The summed E-state index contributed by atoms with van der Waals surface area (Å²) in [5.74, 6) is 2.01. The summed E-state index contributed by atoms with van der Waals surface area (Å²) < 4.78 is 5.95. The first-order valence-electron chi connectivity index (χ1n) is 6.91. The van der Waals surface area contributed by atoms with Gasteiger partial charge >= 0.3 is 0 Å². The molecule has 1 atom stereocenters. The van der Waals surface area contributed by atoms with Crippen molar-refractivity contribution in [3.63, 3.8) is 0 Å². The summed E-state index contributed by atoms with van der Waals surface area (Å²) >= 11 is 0. The minimum absolute atomic E-state index is 0.567. The smallest absolute Gasteiger partial charge is 0.134 e. The SMILES string of the molecule is C[C@@H]1CN(Cc2ccc(-c3ccccc3)o2)CCN1. The molecular weight excluding hydrogens is 236 g/mol. The van der Waals surface area contributed by atoms with Crippen LogP contribution in [-0.4, -0.2) is 30.6 Å². The minimum Gasteiger partial charge on any atom is -0.460 e. The van der Waals surface area contributed by atoms with Gasteiger partial charge in [0, 0.05) is 31.2 Å². The Balaban J connectivity index is 1.68. The average molecular weight is 256 g/mol. The van der Waals surface area contributed by atoms with E-state index in [1.54, 1.807) is 0 Å². The first kappa shape index (κ1) is 12.5. The first-order chi connectivity index (χ1) is 9.31. The predicted octanol–water partition coefficient (Wildman–Crippen LogP) is 2.74. The van der Waals surface area contributed by atoms with E-state index in [1.807, 2.05) is 18.2 Å². The van der Waals surface area contributed by atoms with Gasteiger partial charge in [-0.3, -0.25) is 4.90 Å². The van der Waals surface area contributed by atoms with Crippen molar-refractivity contribution in [1.82, 2.24) is 10.2 Å². The van der Waals surface area contributed by atoms with Gasteiger partial charge in [-0.25, -0.2) is 0 Å². The van der Waals surface area contributed by atoms with E-state index in [4.69, 9.17) is 4.42 Å². The highest BCUT2D eigenvalue weighted by atomic mass is 16.3. The van der Waals surface area contributed by atoms with Crippen LogP contribution in [0.3, 0.4) is 0 Å². The molecule has 0 aliphatic carbocycles. The lowest BCUT2D eigenvalue weighted by atomic mass is 10.2. The summed E-state index contributed by atoms with van der Waals surface area (Å²) in [6.07, 6.45) is 0. The number of hydrogen-bond donors (Lipinski definition) is 1. The minimum atomic E-state index is 0.567. The van der Waals surface area contributed by atoms with Crippen LogP contribution in [0.25, 0.3) is 11.3 Å². The molecule has 1 aliphatic heterocycles. The van der Waals surface area contributed by atoms with Crippen molar-refractivity contribution in [3.05, 3.63) is 48.2 Å². The van der Waals surface area contributed by atoms with Gasteiger partial charge in [-0.1, -0.05) is 30.3 Å². The van der Waals surface area contributed by atoms with Crippen molar-refractivity contribution in [3.8, 4) is 11.3 Å². The van der Waals surface area contributed by atoms with Crippen LogP contribution < -0.4 is 5.32 Å². The van der Waals surface area contributed by atoms with Crippen molar-refractivity contribution < 1.29 is 4.42 Å². The Morgan fingerprint density at radius 1 is 1.21 bits per heavy atom. The van der Waals surface area contributed by atoms with Gasteiger partial charge in [0.15, 0.2) is 0 Å². The quantitative estimate of drug-likeness (QED) is 0.915. The molecule has 2 heterocycles. The van der Waals surface area contributed by atoms with Crippen LogP contribution in [0.15, 0.2) is 46.9 Å². The lowest BCUT2D eigenvalue weighted by molar-refractivity contribution is 0.187. The maximum absolute atomic E-state index is 5.95. The first-order valence-corrected chi connectivity index (χ1v) is 6.91. The molecule has 0 saturated carbocycles. The molecule has 0 amide bonds. The van der Waals surface area contributed by atoms with E-state index in [-0.39, 0.29) is 0 Å². The van der Waals surface area contributed by atoms with E-state index in [0.29, 0.717) is 6.04 Å². The van der Waals surface area contributed by atoms with Crippen LogP contribution in [0.5, 0.6) is 0 Å². The van der Waals surface area contributed by atoms with E-state index in [9.17, 15) is 0 Å². The Bertz CT molecular complexity index is 521. The zero-order valence-corrected chi connectivity index (χ0v) is 11.3. The van der Waals surface area contributed by atoms with Gasteiger partial charge in [-0.15, -0.1) is 0 Å². The van der Waals surface area contributed by atoms with E-state index >= 15 is 0 Å². The van der Waals surface area contributed by atoms with Crippen molar-refractivity contribution in [2.75, 3.05) is 19.6 Å². The van der Waals surface area contributed by atoms with Gasteiger partial charge in [0.05, 0.1) is 6.54 Å². The molecule has 0 radical (unpaired) electrons. The van der Waals surface area contributed by atoms with Gasteiger partial charge in [0.2, 0.25) is 0 Å². The molecule has 0 bridgehead atoms. The summed E-state index contributed by atoms with van der Waals surface area (Å²) in [4.78, 5) is 2.44. The molecule has 3 rings (SSSR count). The zero-order chi connectivity index (χ0) is 13.1. The van der Waals surface area contributed by atoms with Crippen molar-refractivity contribution in [2.24, 2.45) is 0 Å². The molecule has 1 saturated heterocycles. The van der Waals surface area contributed by atoms with E-state index < -0.39 is 0 Å². The zero-order valence-electron chi connectivity index (χ0n) is 11.3. The average Bonchev–Trinajstić information content (AvgIpc) is 2.88. The Hall–Kier alpha value is -1.58. The van der Waals surface area contributed by atoms with Crippen LogP contribution in [0.1, 0.15) is 12.7 Å². The van der Waals surface area contributed by atoms with Crippen LogP contribution in [0.4, 0.5) is 0 Å². The summed E-state index contributed by atoms with van der Waals surface area (Å²) in [5, 5.41) is 3.46. The third kappa shape index (κ3) is 3.06. The lowest BCUT2D eigenvalue weighted by Crippen LogP contribution is -2.48. The Morgan fingerprint density at radius 3 is 2.84 bits per heavy atom. The van der Waals surface area contributed by atoms with Crippen molar-refractivity contribution in [1.29, 1.82) is 0 Å². The van der Waals surface area contributed by atoms with Crippen LogP contribution in [0, 0.1) is 0 Å². The Labute approximate surface area is 114 Å². The van der Waals surface area contributed by atoms with Crippen molar-refractivity contribution in [2.45, 2.75) is 19.5 Å². The molecule has 1 aliphatic rings. The fourth-order valence-corrected chi connectivity index (χ4v) is 2.60. The van der Waals surface area contributed by atoms with Crippen molar-refractivity contribution >= 4 is 0 Å². The summed E-state index contributed by atoms with van der Waals surface area (Å²) in [6, 6.07) is 15.0. The van der Waals surface area contributed by atoms with Gasteiger partial charge in [-0.05, 0) is 19.1 Å². The largest absolute Gasteiger partial charge is 0.460 e. The second kappa shape index (κ2) is 5.59. The molecular formula is C16H20N2O. The lowest BCUT2D eigenvalue weighted by Gasteiger charge is -2.31. The predicted molar refractivity (Wildman–Crippen MR) is 76.9 cm³/mol. The fraction of sp³-hybridized carbons (Fsp3) is 0.375. The fourth-order valence-electron chi connectivity index (χ4n) is 2.60. The topological polar surface area (TPSA) is 28.4 Å². The maximum atomic E-state index is 5.95. The number of nitrogens with zero attached hydrogens (tertiary/aromatic N) is 1.